The molecule has 2 nitrogen and oxygen atoms in total. The van der Waals surface area contributed by atoms with Gasteiger partial charge in [-0.2, -0.15) is 0 Å². The molecule has 0 aliphatic heterocycles. The number of carbonyl (C=O) groups excluding carboxylic acids is 1. The quantitative estimate of drug-likeness (QED) is 0.386. The van der Waals surface area contributed by atoms with Gasteiger partial charge in [0.2, 0.25) is 0 Å². The fourth-order valence-corrected chi connectivity index (χ4v) is 8.49. The van der Waals surface area contributed by atoms with E-state index in [2.05, 4.69) is 19.9 Å². The van der Waals surface area contributed by atoms with Crippen LogP contribution in [-0.2, 0) is 4.74 Å². The Kier molecular flexibility index (Phi) is 5.32. The summed E-state index contributed by atoms with van der Waals surface area (Å²) < 4.78 is 5.49. The van der Waals surface area contributed by atoms with E-state index in [1.54, 1.807) is 6.26 Å². The summed E-state index contributed by atoms with van der Waals surface area (Å²) >= 11 is 0. The van der Waals surface area contributed by atoms with Gasteiger partial charge in [-0.15, -0.1) is 0 Å². The first-order valence-electron chi connectivity index (χ1n) is 12.4. The predicted octanol–water partition coefficient (Wildman–Crippen LogP) is 7.41. The van der Waals surface area contributed by atoms with Crippen LogP contribution in [0.1, 0.15) is 88.4 Å². The third kappa shape index (κ3) is 3.26. The maximum atomic E-state index is 12.3. The second kappa shape index (κ2) is 7.84. The minimum Gasteiger partial charge on any atom is -0.431 e. The summed E-state index contributed by atoms with van der Waals surface area (Å²) in [6.45, 7) is 5.20. The highest BCUT2D eigenvalue weighted by Crippen LogP contribution is 2.67. The number of allylic oxidation sites excluding steroid dienone is 1. The van der Waals surface area contributed by atoms with Crippen molar-refractivity contribution in [3.05, 3.63) is 48.2 Å². The normalized spacial score (nSPS) is 42.9. The molecule has 0 heterocycles. The van der Waals surface area contributed by atoms with Crippen molar-refractivity contribution in [2.75, 3.05) is 0 Å². The summed E-state index contributed by atoms with van der Waals surface area (Å²) in [5, 5.41) is 0. The van der Waals surface area contributed by atoms with Crippen LogP contribution in [0.5, 0.6) is 0 Å². The zero-order valence-electron chi connectivity index (χ0n) is 18.8. The first-order chi connectivity index (χ1) is 14.5. The Hall–Kier alpha value is -1.57. The van der Waals surface area contributed by atoms with Crippen molar-refractivity contribution >= 4 is 5.97 Å². The van der Waals surface area contributed by atoms with Crippen molar-refractivity contribution in [1.29, 1.82) is 0 Å². The molecule has 1 aromatic rings. The van der Waals surface area contributed by atoms with E-state index in [1.165, 1.54) is 64.2 Å². The molecule has 1 unspecified atom stereocenters. The molecule has 0 saturated heterocycles. The molecule has 7 atom stereocenters. The molecule has 0 amide bonds. The lowest BCUT2D eigenvalue weighted by atomic mass is 9.45. The molecule has 0 aromatic heterocycles. The molecule has 0 bridgehead atoms. The Labute approximate surface area is 182 Å². The fourth-order valence-electron chi connectivity index (χ4n) is 8.49. The third-order valence-electron chi connectivity index (χ3n) is 10.2. The molecule has 1 aromatic carbocycles. The highest BCUT2D eigenvalue weighted by atomic mass is 16.5. The van der Waals surface area contributed by atoms with Crippen LogP contribution in [0.15, 0.2) is 42.7 Å². The molecule has 162 valence electrons. The van der Waals surface area contributed by atoms with E-state index in [9.17, 15) is 4.79 Å². The molecule has 0 N–H and O–H groups in total. The first-order valence-corrected chi connectivity index (χ1v) is 12.4. The first kappa shape index (κ1) is 20.3. The number of benzene rings is 1. The van der Waals surface area contributed by atoms with Crippen LogP contribution in [0.25, 0.3) is 0 Å². The predicted molar refractivity (Wildman–Crippen MR) is 121 cm³/mol. The van der Waals surface area contributed by atoms with Gasteiger partial charge in [-0.05, 0) is 110 Å². The number of hydrogen-bond donors (Lipinski definition) is 0. The van der Waals surface area contributed by atoms with Gasteiger partial charge in [0.1, 0.15) is 0 Å². The maximum absolute atomic E-state index is 12.3. The van der Waals surface area contributed by atoms with Crippen LogP contribution >= 0.6 is 0 Å². The van der Waals surface area contributed by atoms with Crippen LogP contribution in [-0.4, -0.2) is 5.97 Å². The molecule has 4 aliphatic carbocycles. The smallest absolute Gasteiger partial charge is 0.342 e. The van der Waals surface area contributed by atoms with Crippen molar-refractivity contribution in [2.45, 2.75) is 78.1 Å². The summed E-state index contributed by atoms with van der Waals surface area (Å²) in [5.41, 5.74) is 1.62. The zero-order valence-corrected chi connectivity index (χ0v) is 18.8. The monoisotopic (exact) mass is 406 g/mol. The van der Waals surface area contributed by atoms with Gasteiger partial charge < -0.3 is 4.74 Å². The summed E-state index contributed by atoms with van der Waals surface area (Å²) in [6.07, 6.45) is 18.1. The van der Waals surface area contributed by atoms with Crippen LogP contribution in [0.2, 0.25) is 0 Å². The van der Waals surface area contributed by atoms with E-state index < -0.39 is 0 Å². The molecule has 2 heteroatoms. The molecule has 0 spiro atoms. The topological polar surface area (TPSA) is 26.3 Å². The fraction of sp³-hybridized carbons (Fsp3) is 0.679. The van der Waals surface area contributed by atoms with Crippen LogP contribution < -0.4 is 0 Å². The number of rotatable bonds is 3. The van der Waals surface area contributed by atoms with E-state index >= 15 is 0 Å². The van der Waals surface area contributed by atoms with Gasteiger partial charge in [-0.3, -0.25) is 0 Å². The van der Waals surface area contributed by atoms with Crippen LogP contribution in [0.4, 0.5) is 0 Å². The van der Waals surface area contributed by atoms with Gasteiger partial charge in [-0.1, -0.05) is 44.9 Å². The molecule has 30 heavy (non-hydrogen) atoms. The Morgan fingerprint density at radius 2 is 1.70 bits per heavy atom. The summed E-state index contributed by atoms with van der Waals surface area (Å²) in [5.74, 6) is 4.02. The van der Waals surface area contributed by atoms with Gasteiger partial charge in [0.05, 0.1) is 11.8 Å². The van der Waals surface area contributed by atoms with Crippen molar-refractivity contribution in [3.63, 3.8) is 0 Å². The largest absolute Gasteiger partial charge is 0.431 e. The Balaban J connectivity index is 1.28. The molecule has 4 saturated carbocycles. The van der Waals surface area contributed by atoms with Crippen LogP contribution in [0.3, 0.4) is 0 Å². The third-order valence-corrected chi connectivity index (χ3v) is 10.2. The number of hydrogen-bond acceptors (Lipinski definition) is 2. The van der Waals surface area contributed by atoms with Gasteiger partial charge >= 0.3 is 5.97 Å². The number of esters is 1. The lowest BCUT2D eigenvalue weighted by molar-refractivity contribution is -0.107. The van der Waals surface area contributed by atoms with Crippen molar-refractivity contribution in [2.24, 2.45) is 40.4 Å². The van der Waals surface area contributed by atoms with E-state index in [0.717, 1.165) is 23.7 Å². The highest BCUT2D eigenvalue weighted by Gasteiger charge is 2.59. The van der Waals surface area contributed by atoms with E-state index in [-0.39, 0.29) is 5.97 Å². The Morgan fingerprint density at radius 1 is 0.900 bits per heavy atom. The second-order valence-electron chi connectivity index (χ2n) is 11.2. The van der Waals surface area contributed by atoms with E-state index in [0.29, 0.717) is 22.3 Å². The molecular formula is C28H38O2. The van der Waals surface area contributed by atoms with Gasteiger partial charge in [-0.25, -0.2) is 4.79 Å². The molecule has 4 fully saturated rings. The van der Waals surface area contributed by atoms with E-state index in [1.807, 2.05) is 30.3 Å². The summed E-state index contributed by atoms with van der Waals surface area (Å²) in [6, 6.07) is 9.30. The van der Waals surface area contributed by atoms with Gasteiger partial charge in [0, 0.05) is 0 Å². The van der Waals surface area contributed by atoms with Crippen molar-refractivity contribution in [1.82, 2.24) is 0 Å². The van der Waals surface area contributed by atoms with Gasteiger partial charge in [0.25, 0.3) is 0 Å². The van der Waals surface area contributed by atoms with Crippen LogP contribution in [0, 0.1) is 40.4 Å². The Bertz CT molecular complexity index is 798. The molecular weight excluding hydrogens is 368 g/mol. The van der Waals surface area contributed by atoms with Crippen molar-refractivity contribution < 1.29 is 9.53 Å². The second-order valence-corrected chi connectivity index (χ2v) is 11.2. The minimum absolute atomic E-state index is 0.251. The highest BCUT2D eigenvalue weighted by molar-refractivity contribution is 5.89. The number of fused-ring (bicyclic) bond motifs is 5. The minimum atomic E-state index is -0.251. The summed E-state index contributed by atoms with van der Waals surface area (Å²) in [7, 11) is 0. The van der Waals surface area contributed by atoms with Crippen molar-refractivity contribution in [3.8, 4) is 0 Å². The molecule has 0 radical (unpaired) electrons. The van der Waals surface area contributed by atoms with E-state index in [4.69, 9.17) is 4.74 Å². The Morgan fingerprint density at radius 3 is 2.53 bits per heavy atom. The summed E-state index contributed by atoms with van der Waals surface area (Å²) in [4.78, 5) is 12.3. The SMILES string of the molecule is C[C@]12CC[C@H]3[C@@H](CCC4CCCC[C@@]43C)[C@@H]1CC[C@@H]2C=COC(=O)c1ccccc1. The molecule has 5 rings (SSSR count). The number of carbonyl (C=O) groups is 1. The van der Waals surface area contributed by atoms with Gasteiger partial charge in [0.15, 0.2) is 0 Å². The molecule has 4 aliphatic rings. The maximum Gasteiger partial charge on any atom is 0.342 e. The average molecular weight is 407 g/mol. The number of ether oxygens (including phenoxy) is 1. The average Bonchev–Trinajstić information content (AvgIpc) is 3.10. The lowest BCUT2D eigenvalue weighted by Crippen LogP contribution is -2.52. The zero-order chi connectivity index (χ0) is 20.8. The standard InChI is InChI=1S/C28H38O2/c1-27-17-7-6-10-21(27)11-13-23-24-14-12-22(28(24,2)18-15-25(23)27)16-19-30-26(29)20-8-4-3-5-9-20/h3-5,8-9,16,19,21-25H,6-7,10-15,17-18H2,1-2H3/t21?,22-,23+,24+,25+,27+,28-/m1/s1. The lowest BCUT2D eigenvalue weighted by Gasteiger charge is -2.60.